The van der Waals surface area contributed by atoms with Gasteiger partial charge in [0, 0.05) is 44.8 Å². The lowest BCUT2D eigenvalue weighted by atomic mass is 10.1. The van der Waals surface area contributed by atoms with Gasteiger partial charge in [-0.3, -0.25) is 4.79 Å². The molecule has 0 spiro atoms. The van der Waals surface area contributed by atoms with E-state index in [0.717, 1.165) is 42.9 Å². The van der Waals surface area contributed by atoms with Crippen LogP contribution in [-0.4, -0.2) is 69.4 Å². The molecule has 30 heavy (non-hydrogen) atoms. The Balaban J connectivity index is 1.72. The fourth-order valence-electron chi connectivity index (χ4n) is 3.57. The van der Waals surface area contributed by atoms with E-state index in [1.54, 1.807) is 19.0 Å². The third-order valence-electron chi connectivity index (χ3n) is 5.21. The van der Waals surface area contributed by atoms with E-state index in [1.807, 2.05) is 13.0 Å². The van der Waals surface area contributed by atoms with Crippen molar-refractivity contribution in [2.75, 3.05) is 40.4 Å². The van der Waals surface area contributed by atoms with Crippen molar-refractivity contribution in [3.8, 4) is 11.5 Å². The van der Waals surface area contributed by atoms with Crippen molar-refractivity contribution >= 4 is 11.9 Å². The van der Waals surface area contributed by atoms with Gasteiger partial charge in [0.15, 0.2) is 5.96 Å². The molecule has 166 valence electrons. The van der Waals surface area contributed by atoms with Crippen molar-refractivity contribution in [1.29, 1.82) is 0 Å². The standard InChI is InChI=1S/C22H34N4O4/c1-5-28-19-10-16-9-15(2)30-20(16)11-17(19)12-23-22(25-14-21(27)26(3)4)24-13-18-7-6-8-29-18/h10-11,15,18H,5-9,12-14H2,1-4H3,(H2,23,24,25). The molecular formula is C22H34N4O4. The van der Waals surface area contributed by atoms with E-state index in [4.69, 9.17) is 19.2 Å². The minimum atomic E-state index is -0.0171. The predicted molar refractivity (Wildman–Crippen MR) is 116 cm³/mol. The molecule has 2 atom stereocenters. The zero-order chi connectivity index (χ0) is 21.5. The van der Waals surface area contributed by atoms with Crippen molar-refractivity contribution in [2.24, 2.45) is 4.99 Å². The topological polar surface area (TPSA) is 84.4 Å². The minimum Gasteiger partial charge on any atom is -0.494 e. The smallest absolute Gasteiger partial charge is 0.241 e. The molecule has 1 aromatic rings. The molecular weight excluding hydrogens is 384 g/mol. The monoisotopic (exact) mass is 418 g/mol. The number of ether oxygens (including phenoxy) is 3. The number of carbonyl (C=O) groups is 1. The van der Waals surface area contributed by atoms with Gasteiger partial charge in [0.25, 0.3) is 0 Å². The van der Waals surface area contributed by atoms with Gasteiger partial charge in [-0.25, -0.2) is 4.99 Å². The van der Waals surface area contributed by atoms with Crippen molar-refractivity contribution in [3.63, 3.8) is 0 Å². The Bertz CT molecular complexity index is 760. The molecule has 0 aliphatic carbocycles. The first kappa shape index (κ1) is 22.2. The van der Waals surface area contributed by atoms with Crippen LogP contribution in [0.25, 0.3) is 0 Å². The molecule has 0 saturated carbocycles. The highest BCUT2D eigenvalue weighted by molar-refractivity contribution is 5.86. The number of guanidine groups is 1. The number of hydrogen-bond acceptors (Lipinski definition) is 5. The Labute approximate surface area is 179 Å². The second kappa shape index (κ2) is 10.5. The zero-order valence-corrected chi connectivity index (χ0v) is 18.5. The molecule has 1 amide bonds. The van der Waals surface area contributed by atoms with Crippen LogP contribution in [0, 0.1) is 0 Å². The van der Waals surface area contributed by atoms with Gasteiger partial charge in [-0.05, 0) is 38.8 Å². The number of nitrogens with one attached hydrogen (secondary N) is 2. The van der Waals surface area contributed by atoms with Gasteiger partial charge < -0.3 is 29.7 Å². The molecule has 2 unspecified atom stereocenters. The Morgan fingerprint density at radius 2 is 2.17 bits per heavy atom. The second-order valence-corrected chi connectivity index (χ2v) is 7.96. The first-order valence-corrected chi connectivity index (χ1v) is 10.8. The summed E-state index contributed by atoms with van der Waals surface area (Å²) in [6, 6.07) is 4.09. The number of carbonyl (C=O) groups excluding carboxylic acids is 1. The Morgan fingerprint density at radius 3 is 2.87 bits per heavy atom. The summed E-state index contributed by atoms with van der Waals surface area (Å²) < 4.78 is 17.4. The number of aliphatic imine (C=N–C) groups is 1. The van der Waals surface area contributed by atoms with Crippen molar-refractivity contribution in [1.82, 2.24) is 15.5 Å². The fourth-order valence-corrected chi connectivity index (χ4v) is 3.57. The van der Waals surface area contributed by atoms with Gasteiger partial charge in [0.2, 0.25) is 5.91 Å². The van der Waals surface area contributed by atoms with Crippen molar-refractivity contribution in [2.45, 2.75) is 51.9 Å². The average molecular weight is 419 g/mol. The van der Waals surface area contributed by atoms with Crippen molar-refractivity contribution in [3.05, 3.63) is 23.3 Å². The summed E-state index contributed by atoms with van der Waals surface area (Å²) in [7, 11) is 3.47. The molecule has 2 aliphatic heterocycles. The summed E-state index contributed by atoms with van der Waals surface area (Å²) in [5, 5.41) is 6.43. The van der Waals surface area contributed by atoms with E-state index in [9.17, 15) is 4.79 Å². The van der Waals surface area contributed by atoms with E-state index in [0.29, 0.717) is 25.7 Å². The van der Waals surface area contributed by atoms with Crippen LogP contribution in [0.2, 0.25) is 0 Å². The normalized spacial score (nSPS) is 20.5. The largest absolute Gasteiger partial charge is 0.494 e. The predicted octanol–water partition coefficient (Wildman–Crippen LogP) is 1.71. The van der Waals surface area contributed by atoms with E-state index in [-0.39, 0.29) is 24.7 Å². The fraction of sp³-hybridized carbons (Fsp3) is 0.636. The highest BCUT2D eigenvalue weighted by atomic mass is 16.5. The van der Waals surface area contributed by atoms with Gasteiger partial charge in [0.1, 0.15) is 17.6 Å². The molecule has 8 nitrogen and oxygen atoms in total. The summed E-state index contributed by atoms with van der Waals surface area (Å²) in [5.74, 6) is 2.30. The Hall–Kier alpha value is -2.48. The van der Waals surface area contributed by atoms with Gasteiger partial charge in [-0.15, -0.1) is 0 Å². The average Bonchev–Trinajstić information content (AvgIpc) is 3.35. The second-order valence-electron chi connectivity index (χ2n) is 7.96. The third kappa shape index (κ3) is 6.01. The molecule has 3 rings (SSSR count). The summed E-state index contributed by atoms with van der Waals surface area (Å²) in [4.78, 5) is 18.3. The Kier molecular flexibility index (Phi) is 7.79. The van der Waals surface area contributed by atoms with Crippen LogP contribution in [0.3, 0.4) is 0 Å². The van der Waals surface area contributed by atoms with Crippen LogP contribution in [0.1, 0.15) is 37.8 Å². The molecule has 1 saturated heterocycles. The summed E-state index contributed by atoms with van der Waals surface area (Å²) in [5.41, 5.74) is 2.13. The molecule has 0 radical (unpaired) electrons. The molecule has 2 heterocycles. The van der Waals surface area contributed by atoms with E-state index in [2.05, 4.69) is 23.6 Å². The molecule has 2 aliphatic rings. The molecule has 0 aromatic heterocycles. The molecule has 0 bridgehead atoms. The Morgan fingerprint density at radius 1 is 1.33 bits per heavy atom. The number of hydrogen-bond donors (Lipinski definition) is 2. The van der Waals surface area contributed by atoms with E-state index >= 15 is 0 Å². The number of fused-ring (bicyclic) bond motifs is 1. The van der Waals surface area contributed by atoms with Crippen LogP contribution in [0.4, 0.5) is 0 Å². The van der Waals surface area contributed by atoms with Gasteiger partial charge in [-0.1, -0.05) is 0 Å². The van der Waals surface area contributed by atoms with Gasteiger partial charge in [-0.2, -0.15) is 0 Å². The van der Waals surface area contributed by atoms with Crippen LogP contribution in [0.5, 0.6) is 11.5 Å². The van der Waals surface area contributed by atoms with E-state index in [1.165, 1.54) is 5.56 Å². The zero-order valence-electron chi connectivity index (χ0n) is 18.5. The van der Waals surface area contributed by atoms with Gasteiger partial charge >= 0.3 is 0 Å². The van der Waals surface area contributed by atoms with Crippen LogP contribution < -0.4 is 20.1 Å². The maximum absolute atomic E-state index is 12.0. The van der Waals surface area contributed by atoms with Crippen LogP contribution in [-0.2, 0) is 22.5 Å². The maximum atomic E-state index is 12.0. The minimum absolute atomic E-state index is 0.0171. The number of nitrogens with zero attached hydrogens (tertiary/aromatic N) is 2. The van der Waals surface area contributed by atoms with Crippen LogP contribution >= 0.6 is 0 Å². The summed E-state index contributed by atoms with van der Waals surface area (Å²) >= 11 is 0. The SMILES string of the molecule is CCOc1cc2c(cc1CN=C(NCC(=O)N(C)C)NCC1CCCO1)OC(C)C2. The summed E-state index contributed by atoms with van der Waals surface area (Å²) in [6.07, 6.45) is 3.36. The quantitative estimate of drug-likeness (QED) is 0.494. The lowest BCUT2D eigenvalue weighted by Gasteiger charge is -2.17. The van der Waals surface area contributed by atoms with Gasteiger partial charge in [0.05, 0.1) is 25.8 Å². The number of likely N-dealkylation sites (N-methyl/N-ethyl adjacent to an activating group) is 1. The number of benzene rings is 1. The first-order valence-electron chi connectivity index (χ1n) is 10.8. The maximum Gasteiger partial charge on any atom is 0.241 e. The molecule has 2 N–H and O–H groups in total. The highest BCUT2D eigenvalue weighted by Crippen LogP contribution is 2.35. The third-order valence-corrected chi connectivity index (χ3v) is 5.21. The number of rotatable bonds is 8. The van der Waals surface area contributed by atoms with E-state index < -0.39 is 0 Å². The first-order chi connectivity index (χ1) is 14.5. The molecule has 8 heteroatoms. The molecule has 1 aromatic carbocycles. The highest BCUT2D eigenvalue weighted by Gasteiger charge is 2.22. The lowest BCUT2D eigenvalue weighted by molar-refractivity contribution is -0.127. The lowest BCUT2D eigenvalue weighted by Crippen LogP contribution is -2.45. The van der Waals surface area contributed by atoms with Crippen molar-refractivity contribution < 1.29 is 19.0 Å². The molecule has 1 fully saturated rings. The number of amides is 1. The van der Waals surface area contributed by atoms with Crippen LogP contribution in [0.15, 0.2) is 17.1 Å². The summed E-state index contributed by atoms with van der Waals surface area (Å²) in [6.45, 7) is 6.68.